The Morgan fingerprint density at radius 2 is 2.31 bits per heavy atom. The minimum absolute atomic E-state index is 0.174. The third-order valence-corrected chi connectivity index (χ3v) is 4.03. The molecule has 3 unspecified atom stereocenters. The number of rotatable bonds is 4. The fraction of sp³-hybridized carbons (Fsp3) is 0.889. The Bertz CT molecular complexity index is 210. The van der Waals surface area contributed by atoms with E-state index in [-0.39, 0.29) is 5.75 Å². The zero-order valence-corrected chi connectivity index (χ0v) is 8.35. The van der Waals surface area contributed by atoms with Gasteiger partial charge in [-0.2, -0.15) is 0 Å². The number of aliphatic carboxylic acids is 1. The van der Waals surface area contributed by atoms with E-state index < -0.39 is 5.97 Å². The Morgan fingerprint density at radius 1 is 1.46 bits per heavy atom. The Balaban J connectivity index is 1.68. The molecule has 74 valence electrons. The molecule has 0 aliphatic heterocycles. The van der Waals surface area contributed by atoms with E-state index in [1.165, 1.54) is 37.6 Å². The van der Waals surface area contributed by atoms with E-state index in [1.807, 2.05) is 0 Å². The maximum absolute atomic E-state index is 10.3. The van der Waals surface area contributed by atoms with Crippen molar-refractivity contribution in [2.75, 3.05) is 5.75 Å². The molecule has 2 rings (SSSR count). The molecule has 2 N–H and O–H groups in total. The summed E-state index contributed by atoms with van der Waals surface area (Å²) in [5, 5.41) is 8.46. The average molecular weight is 201 g/mol. The molecule has 13 heavy (non-hydrogen) atoms. The quantitative estimate of drug-likeness (QED) is 0.677. The molecule has 2 saturated carbocycles. The standard InChI is InChI=1S/C9H15NO2S/c11-9(12)5-13-10-8-4-6-1-2-7(8)3-6/h6-8,10H,1-5H2,(H,11,12). The molecule has 2 aliphatic carbocycles. The van der Waals surface area contributed by atoms with Crippen LogP contribution in [-0.2, 0) is 4.79 Å². The largest absolute Gasteiger partial charge is 0.481 e. The Morgan fingerprint density at radius 3 is 2.85 bits per heavy atom. The summed E-state index contributed by atoms with van der Waals surface area (Å²) in [5.74, 6) is 1.19. The van der Waals surface area contributed by atoms with E-state index in [0.717, 1.165) is 11.8 Å². The summed E-state index contributed by atoms with van der Waals surface area (Å²) in [5.41, 5.74) is 0. The minimum atomic E-state index is -0.736. The SMILES string of the molecule is O=C(O)CSNC1CC2CCC1C2. The topological polar surface area (TPSA) is 49.3 Å². The first-order valence-electron chi connectivity index (χ1n) is 4.85. The highest BCUT2D eigenvalue weighted by Crippen LogP contribution is 2.44. The summed E-state index contributed by atoms with van der Waals surface area (Å²) in [6.45, 7) is 0. The van der Waals surface area contributed by atoms with Gasteiger partial charge in [0, 0.05) is 6.04 Å². The number of hydrogen-bond acceptors (Lipinski definition) is 3. The molecule has 3 atom stereocenters. The van der Waals surface area contributed by atoms with Crippen molar-refractivity contribution in [2.24, 2.45) is 11.8 Å². The number of hydrogen-bond donors (Lipinski definition) is 2. The summed E-state index contributed by atoms with van der Waals surface area (Å²) >= 11 is 1.35. The maximum atomic E-state index is 10.3. The van der Waals surface area contributed by atoms with Crippen LogP contribution in [-0.4, -0.2) is 22.9 Å². The van der Waals surface area contributed by atoms with Crippen molar-refractivity contribution in [3.63, 3.8) is 0 Å². The molecule has 4 heteroatoms. The van der Waals surface area contributed by atoms with Crippen molar-refractivity contribution >= 4 is 17.9 Å². The lowest BCUT2D eigenvalue weighted by Gasteiger charge is -2.21. The Labute approximate surface area is 82.4 Å². The number of fused-ring (bicyclic) bond motifs is 2. The van der Waals surface area contributed by atoms with Crippen LogP contribution in [0.2, 0.25) is 0 Å². The molecule has 0 spiro atoms. The molecular weight excluding hydrogens is 186 g/mol. The third-order valence-electron chi connectivity index (χ3n) is 3.17. The van der Waals surface area contributed by atoms with Gasteiger partial charge in [-0.05, 0) is 31.1 Å². The van der Waals surface area contributed by atoms with Gasteiger partial charge in [0.1, 0.15) is 5.75 Å². The smallest absolute Gasteiger partial charge is 0.314 e. The number of nitrogens with one attached hydrogen (secondary N) is 1. The van der Waals surface area contributed by atoms with Crippen LogP contribution in [0, 0.1) is 11.8 Å². The van der Waals surface area contributed by atoms with Crippen molar-refractivity contribution in [1.82, 2.24) is 4.72 Å². The summed E-state index contributed by atoms with van der Waals surface area (Å²) < 4.78 is 3.28. The lowest BCUT2D eigenvalue weighted by Crippen LogP contribution is -2.29. The van der Waals surface area contributed by atoms with Gasteiger partial charge in [-0.3, -0.25) is 9.52 Å². The van der Waals surface area contributed by atoms with E-state index in [4.69, 9.17) is 5.11 Å². The fourth-order valence-corrected chi connectivity index (χ4v) is 3.31. The summed E-state index contributed by atoms with van der Waals surface area (Å²) in [4.78, 5) is 10.3. The first-order valence-corrected chi connectivity index (χ1v) is 5.83. The van der Waals surface area contributed by atoms with Crippen molar-refractivity contribution in [3.8, 4) is 0 Å². The monoisotopic (exact) mass is 201 g/mol. The van der Waals surface area contributed by atoms with E-state index in [1.54, 1.807) is 0 Å². The predicted molar refractivity (Wildman–Crippen MR) is 52.5 cm³/mol. The molecule has 3 nitrogen and oxygen atoms in total. The summed E-state index contributed by atoms with van der Waals surface area (Å²) in [6, 6.07) is 0.586. The van der Waals surface area contributed by atoms with Gasteiger partial charge in [0.2, 0.25) is 0 Å². The highest BCUT2D eigenvalue weighted by molar-refractivity contribution is 7.98. The Kier molecular flexibility index (Phi) is 2.79. The lowest BCUT2D eigenvalue weighted by atomic mass is 9.96. The molecule has 2 aliphatic rings. The van der Waals surface area contributed by atoms with Crippen molar-refractivity contribution in [1.29, 1.82) is 0 Å². The van der Waals surface area contributed by atoms with Crippen LogP contribution in [0.1, 0.15) is 25.7 Å². The van der Waals surface area contributed by atoms with Crippen LogP contribution in [0.3, 0.4) is 0 Å². The van der Waals surface area contributed by atoms with Crippen LogP contribution < -0.4 is 4.72 Å². The van der Waals surface area contributed by atoms with Crippen LogP contribution in [0.25, 0.3) is 0 Å². The van der Waals surface area contributed by atoms with Crippen molar-refractivity contribution in [2.45, 2.75) is 31.7 Å². The second-order valence-corrected chi connectivity index (χ2v) is 4.89. The molecular formula is C9H15NO2S. The molecule has 2 fully saturated rings. The zero-order valence-electron chi connectivity index (χ0n) is 7.53. The highest BCUT2D eigenvalue weighted by Gasteiger charge is 2.39. The van der Waals surface area contributed by atoms with Crippen LogP contribution in [0.4, 0.5) is 0 Å². The number of carbonyl (C=O) groups is 1. The normalized spacial score (nSPS) is 36.8. The molecule has 0 saturated heterocycles. The van der Waals surface area contributed by atoms with E-state index >= 15 is 0 Å². The summed E-state index contributed by atoms with van der Waals surface area (Å²) in [7, 11) is 0. The molecule has 0 aromatic heterocycles. The van der Waals surface area contributed by atoms with Crippen LogP contribution in [0.5, 0.6) is 0 Å². The van der Waals surface area contributed by atoms with Crippen LogP contribution >= 0.6 is 11.9 Å². The molecule has 0 aromatic carbocycles. The maximum Gasteiger partial charge on any atom is 0.314 e. The van der Waals surface area contributed by atoms with Crippen molar-refractivity contribution in [3.05, 3.63) is 0 Å². The fourth-order valence-electron chi connectivity index (χ4n) is 2.60. The Hall–Kier alpha value is -0.220. The van der Waals surface area contributed by atoms with E-state index in [9.17, 15) is 4.79 Å². The first-order chi connectivity index (χ1) is 6.25. The van der Waals surface area contributed by atoms with Gasteiger partial charge in [-0.1, -0.05) is 18.4 Å². The lowest BCUT2D eigenvalue weighted by molar-refractivity contribution is -0.133. The zero-order chi connectivity index (χ0) is 9.26. The van der Waals surface area contributed by atoms with Gasteiger partial charge < -0.3 is 5.11 Å². The van der Waals surface area contributed by atoms with Gasteiger partial charge in [-0.25, -0.2) is 0 Å². The summed E-state index contributed by atoms with van der Waals surface area (Å²) in [6.07, 6.45) is 5.37. The van der Waals surface area contributed by atoms with Crippen LogP contribution in [0.15, 0.2) is 0 Å². The van der Waals surface area contributed by atoms with E-state index in [2.05, 4.69) is 4.72 Å². The molecule has 0 amide bonds. The number of carboxylic acid groups (broad SMARTS) is 1. The minimum Gasteiger partial charge on any atom is -0.481 e. The second kappa shape index (κ2) is 3.88. The van der Waals surface area contributed by atoms with Gasteiger partial charge in [-0.15, -0.1) is 0 Å². The van der Waals surface area contributed by atoms with E-state index in [0.29, 0.717) is 6.04 Å². The van der Waals surface area contributed by atoms with Gasteiger partial charge in [0.15, 0.2) is 0 Å². The molecule has 2 bridgehead atoms. The van der Waals surface area contributed by atoms with Gasteiger partial charge in [0.05, 0.1) is 0 Å². The predicted octanol–water partition coefficient (Wildman–Crippen LogP) is 1.50. The average Bonchev–Trinajstić information content (AvgIpc) is 2.64. The highest BCUT2D eigenvalue weighted by atomic mass is 32.2. The van der Waals surface area contributed by atoms with Gasteiger partial charge in [0.25, 0.3) is 0 Å². The second-order valence-electron chi connectivity index (χ2n) is 4.08. The number of carboxylic acids is 1. The van der Waals surface area contributed by atoms with Gasteiger partial charge >= 0.3 is 5.97 Å². The van der Waals surface area contributed by atoms with Crippen molar-refractivity contribution < 1.29 is 9.90 Å². The molecule has 0 radical (unpaired) electrons. The molecule has 0 aromatic rings. The molecule has 0 heterocycles. The third kappa shape index (κ3) is 2.17. The first kappa shape index (κ1) is 9.34.